The van der Waals surface area contributed by atoms with Gasteiger partial charge in [-0.3, -0.25) is 0 Å². The van der Waals surface area contributed by atoms with Gasteiger partial charge in [0, 0.05) is 24.4 Å². The molecule has 0 bridgehead atoms. The van der Waals surface area contributed by atoms with E-state index in [0.29, 0.717) is 23.1 Å². The molecule has 0 fully saturated rings. The number of benzene rings is 1. The number of allylic oxidation sites excluding steroid dienone is 5. The first-order valence-electron chi connectivity index (χ1n) is 9.04. The van der Waals surface area contributed by atoms with Crippen molar-refractivity contribution < 1.29 is 14.3 Å². The third-order valence-corrected chi connectivity index (χ3v) is 4.72. The highest BCUT2D eigenvalue weighted by Gasteiger charge is 2.23. The summed E-state index contributed by atoms with van der Waals surface area (Å²) in [5, 5.41) is 8.71. The maximum Gasteiger partial charge on any atom is 0.328 e. The van der Waals surface area contributed by atoms with E-state index < -0.39 is 5.97 Å². The zero-order chi connectivity index (χ0) is 19.4. The van der Waals surface area contributed by atoms with E-state index in [-0.39, 0.29) is 5.83 Å². The fourth-order valence-corrected chi connectivity index (χ4v) is 3.34. The molecule has 2 rings (SSSR count). The molecule has 0 amide bonds. The lowest BCUT2D eigenvalue weighted by atomic mass is 9.90. The monoisotopic (exact) mass is 357 g/mol. The van der Waals surface area contributed by atoms with Gasteiger partial charge in [0.1, 0.15) is 5.83 Å². The summed E-state index contributed by atoms with van der Waals surface area (Å²) in [4.78, 5) is 13.0. The maximum atomic E-state index is 14.5. The molecule has 1 aliphatic rings. The summed E-state index contributed by atoms with van der Waals surface area (Å²) in [5.74, 6) is -0.822. The number of carbonyl (C=O) groups is 1. The number of anilines is 1. The second kappa shape index (κ2) is 8.35. The van der Waals surface area contributed by atoms with Crippen LogP contribution in [-0.4, -0.2) is 23.7 Å². The molecule has 26 heavy (non-hydrogen) atoms. The van der Waals surface area contributed by atoms with Crippen molar-refractivity contribution in [1.29, 1.82) is 0 Å². The average molecular weight is 357 g/mol. The molecule has 1 aliphatic heterocycles. The number of aliphatic carboxylic acids is 1. The molecule has 0 aliphatic carbocycles. The quantitative estimate of drug-likeness (QED) is 0.568. The van der Waals surface area contributed by atoms with Crippen LogP contribution in [0.4, 0.5) is 10.1 Å². The highest BCUT2D eigenvalue weighted by molar-refractivity contribution is 5.81. The van der Waals surface area contributed by atoms with Crippen molar-refractivity contribution in [2.24, 2.45) is 5.92 Å². The van der Waals surface area contributed by atoms with Crippen LogP contribution in [0.3, 0.4) is 0 Å². The van der Waals surface area contributed by atoms with Gasteiger partial charge >= 0.3 is 5.97 Å². The van der Waals surface area contributed by atoms with E-state index in [1.807, 2.05) is 6.07 Å². The Morgan fingerprint density at radius 1 is 1.31 bits per heavy atom. The Bertz CT molecular complexity index is 774. The third kappa shape index (κ3) is 4.84. The molecule has 1 N–H and O–H groups in total. The van der Waals surface area contributed by atoms with E-state index in [4.69, 9.17) is 5.11 Å². The van der Waals surface area contributed by atoms with E-state index in [1.54, 1.807) is 13.8 Å². The van der Waals surface area contributed by atoms with Gasteiger partial charge in [-0.05, 0) is 80.5 Å². The Hall–Kier alpha value is -2.36. The largest absolute Gasteiger partial charge is 0.478 e. The van der Waals surface area contributed by atoms with Gasteiger partial charge in [0.15, 0.2) is 0 Å². The van der Waals surface area contributed by atoms with Crippen molar-refractivity contribution in [2.45, 2.75) is 47.1 Å². The van der Waals surface area contributed by atoms with Gasteiger partial charge in [-0.25, -0.2) is 9.18 Å². The summed E-state index contributed by atoms with van der Waals surface area (Å²) in [6.07, 6.45) is 4.86. The molecule has 0 radical (unpaired) electrons. The molecule has 0 spiro atoms. The number of carboxylic acids is 1. The van der Waals surface area contributed by atoms with Crippen LogP contribution in [0.25, 0.3) is 5.57 Å². The Morgan fingerprint density at radius 3 is 2.62 bits per heavy atom. The Labute approximate surface area is 155 Å². The highest BCUT2D eigenvalue weighted by Crippen LogP contribution is 2.34. The summed E-state index contributed by atoms with van der Waals surface area (Å²) in [6.45, 7) is 11.1. The van der Waals surface area contributed by atoms with Gasteiger partial charge in [-0.2, -0.15) is 0 Å². The molecule has 1 aromatic rings. The minimum atomic E-state index is -1.04. The molecule has 1 unspecified atom stereocenters. The Morgan fingerprint density at radius 2 is 2.00 bits per heavy atom. The molecule has 140 valence electrons. The molecule has 0 saturated carbocycles. The number of hydrogen-bond acceptors (Lipinski definition) is 2. The molecule has 4 heteroatoms. The second-order valence-electron chi connectivity index (χ2n) is 7.43. The van der Waals surface area contributed by atoms with Crippen LogP contribution < -0.4 is 4.90 Å². The van der Waals surface area contributed by atoms with E-state index in [9.17, 15) is 9.18 Å². The van der Waals surface area contributed by atoms with Gasteiger partial charge in [-0.15, -0.1) is 0 Å². The van der Waals surface area contributed by atoms with Gasteiger partial charge in [-0.1, -0.05) is 19.1 Å². The second-order valence-corrected chi connectivity index (χ2v) is 7.43. The van der Waals surface area contributed by atoms with Gasteiger partial charge in [0.05, 0.1) is 0 Å². The molecular formula is C22H28FNO2. The normalized spacial score (nSPS) is 19.0. The van der Waals surface area contributed by atoms with Crippen LogP contribution >= 0.6 is 0 Å². The SMILES string of the molecule is CC(C=CC(F)=C(C)c1ccc2c(c1)CC(C)CN2C(C)C)=CC(=O)O. The van der Waals surface area contributed by atoms with E-state index in [1.165, 1.54) is 23.4 Å². The zero-order valence-electron chi connectivity index (χ0n) is 16.2. The lowest BCUT2D eigenvalue weighted by Gasteiger charge is -2.38. The Kier molecular flexibility index (Phi) is 6.41. The minimum Gasteiger partial charge on any atom is -0.478 e. The van der Waals surface area contributed by atoms with Crippen LogP contribution in [0, 0.1) is 5.92 Å². The van der Waals surface area contributed by atoms with Gasteiger partial charge < -0.3 is 10.0 Å². The van der Waals surface area contributed by atoms with Crippen molar-refractivity contribution >= 4 is 17.2 Å². The van der Waals surface area contributed by atoms with Gasteiger partial charge in [0.2, 0.25) is 0 Å². The first-order valence-corrected chi connectivity index (χ1v) is 9.04. The fourth-order valence-electron chi connectivity index (χ4n) is 3.34. The van der Waals surface area contributed by atoms with Crippen molar-refractivity contribution in [3.8, 4) is 0 Å². The molecule has 1 atom stereocenters. The van der Waals surface area contributed by atoms with Crippen LogP contribution in [0.2, 0.25) is 0 Å². The van der Waals surface area contributed by atoms with Crippen LogP contribution in [0.5, 0.6) is 0 Å². The fraction of sp³-hybridized carbons (Fsp3) is 0.409. The number of rotatable bonds is 5. The Balaban J connectivity index is 2.33. The van der Waals surface area contributed by atoms with Crippen LogP contribution in [0.1, 0.15) is 45.7 Å². The van der Waals surface area contributed by atoms with E-state index >= 15 is 0 Å². The number of halogens is 1. The number of nitrogens with zero attached hydrogens (tertiary/aromatic N) is 1. The van der Waals surface area contributed by atoms with Crippen molar-refractivity contribution in [2.75, 3.05) is 11.4 Å². The topological polar surface area (TPSA) is 40.5 Å². The predicted molar refractivity (Wildman–Crippen MR) is 106 cm³/mol. The number of fused-ring (bicyclic) bond motifs is 1. The lowest BCUT2D eigenvalue weighted by molar-refractivity contribution is -0.131. The molecule has 0 saturated heterocycles. The van der Waals surface area contributed by atoms with Crippen LogP contribution in [0.15, 0.2) is 47.8 Å². The zero-order valence-corrected chi connectivity index (χ0v) is 16.2. The minimum absolute atomic E-state index is 0.354. The molecular weight excluding hydrogens is 329 g/mol. The van der Waals surface area contributed by atoms with Crippen LogP contribution in [-0.2, 0) is 11.2 Å². The molecule has 3 nitrogen and oxygen atoms in total. The summed E-state index contributed by atoms with van der Waals surface area (Å²) >= 11 is 0. The summed E-state index contributed by atoms with van der Waals surface area (Å²) in [6, 6.07) is 6.57. The van der Waals surface area contributed by atoms with E-state index in [2.05, 4.69) is 37.8 Å². The van der Waals surface area contributed by atoms with E-state index in [0.717, 1.165) is 24.6 Å². The summed E-state index contributed by atoms with van der Waals surface area (Å²) < 4.78 is 14.5. The summed E-state index contributed by atoms with van der Waals surface area (Å²) in [5.41, 5.74) is 4.41. The van der Waals surface area contributed by atoms with Crippen molar-refractivity contribution in [3.63, 3.8) is 0 Å². The third-order valence-electron chi connectivity index (χ3n) is 4.72. The number of carboxylic acid groups (broad SMARTS) is 1. The first-order chi connectivity index (χ1) is 12.2. The molecule has 1 aromatic carbocycles. The maximum absolute atomic E-state index is 14.5. The van der Waals surface area contributed by atoms with Crippen molar-refractivity contribution in [3.05, 3.63) is 59.0 Å². The molecule has 0 aromatic heterocycles. The lowest BCUT2D eigenvalue weighted by Crippen LogP contribution is -2.39. The standard InChI is InChI=1S/C22H28FNO2/c1-14(2)24-13-16(4)10-19-12-18(7-9-21(19)24)17(5)20(23)8-6-15(3)11-22(25)26/h6-9,11-12,14,16H,10,13H2,1-5H3,(H,25,26). The van der Waals surface area contributed by atoms with Gasteiger partial charge in [0.25, 0.3) is 0 Å². The highest BCUT2D eigenvalue weighted by atomic mass is 19.1. The first kappa shape index (κ1) is 20.0. The summed E-state index contributed by atoms with van der Waals surface area (Å²) in [7, 11) is 0. The number of hydrogen-bond donors (Lipinski definition) is 1. The molecule has 1 heterocycles. The predicted octanol–water partition coefficient (Wildman–Crippen LogP) is 5.38. The van der Waals surface area contributed by atoms with Crippen molar-refractivity contribution in [1.82, 2.24) is 0 Å². The average Bonchev–Trinajstić information content (AvgIpc) is 2.56. The smallest absolute Gasteiger partial charge is 0.328 e.